The average Bonchev–Trinajstić information content (AvgIpc) is 2.73. The van der Waals surface area contributed by atoms with E-state index in [2.05, 4.69) is 15.5 Å². The molecule has 1 heterocycles. The van der Waals surface area contributed by atoms with Crippen LogP contribution in [0.1, 0.15) is 25.7 Å². The predicted molar refractivity (Wildman–Crippen MR) is 58.9 cm³/mol. The van der Waals surface area contributed by atoms with Crippen LogP contribution in [0.2, 0.25) is 0 Å². The lowest BCUT2D eigenvalue weighted by atomic mass is 9.91. The van der Waals surface area contributed by atoms with Crippen LogP contribution in [0.5, 0.6) is 0 Å². The molecule has 0 aromatic carbocycles. The van der Waals surface area contributed by atoms with Gasteiger partial charge in [0.2, 0.25) is 5.91 Å². The van der Waals surface area contributed by atoms with E-state index in [0.717, 1.165) is 12.8 Å². The maximum atomic E-state index is 12.1. The van der Waals surface area contributed by atoms with E-state index in [4.69, 9.17) is 5.11 Å². The van der Waals surface area contributed by atoms with Gasteiger partial charge < -0.3 is 10.0 Å². The first-order chi connectivity index (χ1) is 8.31. The fourth-order valence-electron chi connectivity index (χ4n) is 1.93. The summed E-state index contributed by atoms with van der Waals surface area (Å²) in [6.45, 7) is 0.901. The first kappa shape index (κ1) is 12.0. The first-order valence-corrected chi connectivity index (χ1v) is 5.92. The number of tetrazole rings is 1. The van der Waals surface area contributed by atoms with Gasteiger partial charge in [-0.15, -0.1) is 5.10 Å². The first-order valence-electron chi connectivity index (χ1n) is 5.92. The SMILES string of the molecule is O=C(Cn1cnnn1)N(CCCO)C1CCC1. The normalized spacial score (nSPS) is 15.6. The lowest BCUT2D eigenvalue weighted by Gasteiger charge is -2.37. The lowest BCUT2D eigenvalue weighted by Crippen LogP contribution is -2.46. The summed E-state index contributed by atoms with van der Waals surface area (Å²) < 4.78 is 1.42. The van der Waals surface area contributed by atoms with Crippen molar-refractivity contribution >= 4 is 5.91 Å². The molecule has 0 saturated heterocycles. The minimum atomic E-state index is 0.0236. The van der Waals surface area contributed by atoms with Gasteiger partial charge in [-0.2, -0.15) is 0 Å². The van der Waals surface area contributed by atoms with Crippen molar-refractivity contribution in [2.45, 2.75) is 38.3 Å². The zero-order valence-electron chi connectivity index (χ0n) is 9.70. The average molecular weight is 239 g/mol. The number of nitrogens with zero attached hydrogens (tertiary/aromatic N) is 5. The maximum Gasteiger partial charge on any atom is 0.244 e. The quantitative estimate of drug-likeness (QED) is 0.719. The summed E-state index contributed by atoms with van der Waals surface area (Å²) in [5.74, 6) is 0.0236. The third-order valence-corrected chi connectivity index (χ3v) is 3.08. The molecule has 1 saturated carbocycles. The Bertz CT molecular complexity index is 350. The highest BCUT2D eigenvalue weighted by Gasteiger charge is 2.28. The van der Waals surface area contributed by atoms with Crippen molar-refractivity contribution in [3.05, 3.63) is 6.33 Å². The van der Waals surface area contributed by atoms with Gasteiger partial charge in [-0.05, 0) is 36.1 Å². The van der Waals surface area contributed by atoms with Gasteiger partial charge in [0, 0.05) is 19.2 Å². The van der Waals surface area contributed by atoms with Crippen LogP contribution in [0.25, 0.3) is 0 Å². The Morgan fingerprint density at radius 3 is 2.88 bits per heavy atom. The predicted octanol–water partition coefficient (Wildman–Crippen LogP) is -0.563. The molecular weight excluding hydrogens is 222 g/mol. The Kier molecular flexibility index (Phi) is 4.03. The molecule has 7 nitrogen and oxygen atoms in total. The number of hydrogen-bond acceptors (Lipinski definition) is 5. The summed E-state index contributed by atoms with van der Waals surface area (Å²) in [5, 5.41) is 19.5. The van der Waals surface area contributed by atoms with E-state index >= 15 is 0 Å². The zero-order chi connectivity index (χ0) is 12.1. The third kappa shape index (κ3) is 3.00. The summed E-state index contributed by atoms with van der Waals surface area (Å²) in [6.07, 6.45) is 5.36. The number of rotatable bonds is 6. The van der Waals surface area contributed by atoms with Crippen molar-refractivity contribution in [1.82, 2.24) is 25.1 Å². The van der Waals surface area contributed by atoms with Crippen molar-refractivity contribution in [2.75, 3.05) is 13.2 Å². The van der Waals surface area contributed by atoms with E-state index in [1.807, 2.05) is 4.90 Å². The number of carbonyl (C=O) groups excluding carboxylic acids is 1. The largest absolute Gasteiger partial charge is 0.396 e. The van der Waals surface area contributed by atoms with Crippen LogP contribution in [0, 0.1) is 0 Å². The van der Waals surface area contributed by atoms with Gasteiger partial charge in [0.1, 0.15) is 12.9 Å². The highest BCUT2D eigenvalue weighted by atomic mass is 16.3. The van der Waals surface area contributed by atoms with E-state index in [1.54, 1.807) is 0 Å². The zero-order valence-corrected chi connectivity index (χ0v) is 9.70. The molecular formula is C10H17N5O2. The molecule has 0 radical (unpaired) electrons. The molecule has 1 fully saturated rings. The third-order valence-electron chi connectivity index (χ3n) is 3.08. The smallest absolute Gasteiger partial charge is 0.244 e. The fraction of sp³-hybridized carbons (Fsp3) is 0.800. The van der Waals surface area contributed by atoms with Crippen LogP contribution in [-0.2, 0) is 11.3 Å². The minimum absolute atomic E-state index is 0.0236. The van der Waals surface area contributed by atoms with Crippen LogP contribution in [0.3, 0.4) is 0 Å². The fourth-order valence-corrected chi connectivity index (χ4v) is 1.93. The van der Waals surface area contributed by atoms with E-state index in [-0.39, 0.29) is 19.1 Å². The molecule has 7 heteroatoms. The molecule has 94 valence electrons. The van der Waals surface area contributed by atoms with Crippen molar-refractivity contribution < 1.29 is 9.90 Å². The lowest BCUT2D eigenvalue weighted by molar-refractivity contribution is -0.136. The Morgan fingerprint density at radius 1 is 1.53 bits per heavy atom. The van der Waals surface area contributed by atoms with Gasteiger partial charge in [-0.1, -0.05) is 0 Å². The number of aliphatic hydroxyl groups is 1. The van der Waals surface area contributed by atoms with Crippen LogP contribution in [0.4, 0.5) is 0 Å². The summed E-state index contributed by atoms with van der Waals surface area (Å²) in [7, 11) is 0. The second kappa shape index (κ2) is 5.72. The van der Waals surface area contributed by atoms with E-state index in [9.17, 15) is 4.79 Å². The highest BCUT2D eigenvalue weighted by Crippen LogP contribution is 2.25. The number of carbonyl (C=O) groups is 1. The van der Waals surface area contributed by atoms with Gasteiger partial charge in [-0.25, -0.2) is 4.68 Å². The van der Waals surface area contributed by atoms with Crippen LogP contribution >= 0.6 is 0 Å². The molecule has 0 spiro atoms. The summed E-state index contributed by atoms with van der Waals surface area (Å²) in [5.41, 5.74) is 0. The van der Waals surface area contributed by atoms with E-state index in [1.165, 1.54) is 17.4 Å². The molecule has 0 unspecified atom stereocenters. The number of amides is 1. The Morgan fingerprint density at radius 2 is 2.35 bits per heavy atom. The standard InChI is InChI=1S/C10H17N5O2/c16-6-2-5-15(9-3-1-4-9)10(17)7-14-8-11-12-13-14/h8-9,16H,1-7H2. The Hall–Kier alpha value is -1.50. The summed E-state index contributed by atoms with van der Waals surface area (Å²) in [4.78, 5) is 13.9. The number of hydrogen-bond donors (Lipinski definition) is 1. The molecule has 0 atom stereocenters. The van der Waals surface area contributed by atoms with Crippen molar-refractivity contribution in [2.24, 2.45) is 0 Å². The monoisotopic (exact) mass is 239 g/mol. The van der Waals surface area contributed by atoms with Gasteiger partial charge in [0.25, 0.3) is 0 Å². The molecule has 1 aromatic rings. The van der Waals surface area contributed by atoms with Crippen LogP contribution in [-0.4, -0.2) is 55.3 Å². The molecule has 1 aliphatic rings. The topological polar surface area (TPSA) is 84.1 Å². The molecule has 2 rings (SSSR count). The number of aromatic nitrogens is 4. The molecule has 0 aliphatic heterocycles. The summed E-state index contributed by atoms with van der Waals surface area (Å²) in [6, 6.07) is 0.338. The molecule has 1 aromatic heterocycles. The van der Waals surface area contributed by atoms with Gasteiger partial charge in [0.05, 0.1) is 0 Å². The molecule has 17 heavy (non-hydrogen) atoms. The Balaban J connectivity index is 1.91. The Labute approximate surface area is 99.4 Å². The van der Waals surface area contributed by atoms with Crippen molar-refractivity contribution in [3.63, 3.8) is 0 Å². The molecule has 1 amide bonds. The van der Waals surface area contributed by atoms with Gasteiger partial charge in [0.15, 0.2) is 0 Å². The summed E-state index contributed by atoms with van der Waals surface area (Å²) >= 11 is 0. The second-order valence-electron chi connectivity index (χ2n) is 4.26. The molecule has 1 N–H and O–H groups in total. The maximum absolute atomic E-state index is 12.1. The van der Waals surface area contributed by atoms with Crippen molar-refractivity contribution in [1.29, 1.82) is 0 Å². The van der Waals surface area contributed by atoms with Crippen LogP contribution < -0.4 is 0 Å². The molecule has 1 aliphatic carbocycles. The van der Waals surface area contributed by atoms with Gasteiger partial charge in [-0.3, -0.25) is 4.79 Å². The highest BCUT2D eigenvalue weighted by molar-refractivity contribution is 5.76. The minimum Gasteiger partial charge on any atom is -0.396 e. The van der Waals surface area contributed by atoms with Gasteiger partial charge >= 0.3 is 0 Å². The van der Waals surface area contributed by atoms with E-state index in [0.29, 0.717) is 19.0 Å². The molecule has 0 bridgehead atoms. The second-order valence-corrected chi connectivity index (χ2v) is 4.26. The number of aliphatic hydroxyl groups excluding tert-OH is 1. The van der Waals surface area contributed by atoms with E-state index < -0.39 is 0 Å². The van der Waals surface area contributed by atoms with Crippen molar-refractivity contribution in [3.8, 4) is 0 Å². The van der Waals surface area contributed by atoms with Crippen LogP contribution in [0.15, 0.2) is 6.33 Å².